The Labute approximate surface area is 325 Å². The fraction of sp³-hybridized carbons (Fsp3) is 0. The van der Waals surface area contributed by atoms with Crippen molar-refractivity contribution in [3.63, 3.8) is 0 Å². The molecule has 0 atom stereocenters. The highest BCUT2D eigenvalue weighted by Gasteiger charge is 2.22. The van der Waals surface area contributed by atoms with Gasteiger partial charge >= 0.3 is 0 Å². The summed E-state index contributed by atoms with van der Waals surface area (Å²) in [5, 5.41) is 9.56. The Bertz CT molecular complexity index is 3000. The lowest BCUT2D eigenvalue weighted by Crippen LogP contribution is -2.10. The number of benzene rings is 10. The van der Waals surface area contributed by atoms with E-state index >= 15 is 0 Å². The summed E-state index contributed by atoms with van der Waals surface area (Å²) in [6, 6.07) is 74.1. The highest BCUT2D eigenvalue weighted by molar-refractivity contribution is 6.24. The molecule has 1 heterocycles. The smallest absolute Gasteiger partial charge is 0.0803 e. The Morgan fingerprint density at radius 3 is 0.875 bits per heavy atom. The molecular formula is C54H34N2. The number of nitrogens with zero attached hydrogens (tertiary/aromatic N) is 2. The Hall–Kier alpha value is -7.42. The lowest BCUT2D eigenvalue weighted by molar-refractivity contribution is 1.41. The van der Waals surface area contributed by atoms with Crippen molar-refractivity contribution in [3.05, 3.63) is 229 Å². The SMILES string of the molecule is c1ccc2cc(-c3ccc(/C4=N/c5cc6ccccc6cc5/C(c5ccc(-c6ccc7ccccc7c6)cc5)=N\c5cc6ccccc6cc54)cc3)ccc2c1. The predicted octanol–water partition coefficient (Wildman–Crippen LogP) is 14.3. The summed E-state index contributed by atoms with van der Waals surface area (Å²) in [5.74, 6) is 0. The second-order valence-electron chi connectivity index (χ2n) is 14.6. The van der Waals surface area contributed by atoms with Crippen LogP contribution in [0.3, 0.4) is 0 Å². The van der Waals surface area contributed by atoms with Crippen LogP contribution >= 0.6 is 0 Å². The van der Waals surface area contributed by atoms with Gasteiger partial charge in [0.15, 0.2) is 0 Å². The summed E-state index contributed by atoms with van der Waals surface area (Å²) in [4.78, 5) is 11.2. The van der Waals surface area contributed by atoms with Gasteiger partial charge in [-0.3, -0.25) is 0 Å². The Morgan fingerprint density at radius 2 is 0.500 bits per heavy atom. The first-order chi connectivity index (χ1) is 27.7. The largest absolute Gasteiger partial charge is 0.247 e. The lowest BCUT2D eigenvalue weighted by Gasteiger charge is -2.20. The normalized spacial score (nSPS) is 14.4. The van der Waals surface area contributed by atoms with E-state index in [1.807, 2.05) is 0 Å². The maximum Gasteiger partial charge on any atom is 0.0803 e. The number of rotatable bonds is 4. The topological polar surface area (TPSA) is 24.7 Å². The second kappa shape index (κ2) is 13.2. The Kier molecular flexibility index (Phi) is 7.53. The maximum absolute atomic E-state index is 5.62. The van der Waals surface area contributed by atoms with Crippen molar-refractivity contribution in [2.75, 3.05) is 0 Å². The van der Waals surface area contributed by atoms with Crippen LogP contribution in [0.1, 0.15) is 22.3 Å². The van der Waals surface area contributed by atoms with Crippen LogP contribution in [0.4, 0.5) is 11.4 Å². The average molecular weight is 711 g/mol. The summed E-state index contributed by atoms with van der Waals surface area (Å²) >= 11 is 0. The van der Waals surface area contributed by atoms with Crippen molar-refractivity contribution in [1.29, 1.82) is 0 Å². The molecule has 2 heteroatoms. The van der Waals surface area contributed by atoms with Gasteiger partial charge in [-0.15, -0.1) is 0 Å². The van der Waals surface area contributed by atoms with E-state index in [1.165, 1.54) is 43.8 Å². The van der Waals surface area contributed by atoms with E-state index in [1.54, 1.807) is 0 Å². The van der Waals surface area contributed by atoms with Gasteiger partial charge in [0, 0.05) is 22.3 Å². The molecule has 1 aliphatic heterocycles. The lowest BCUT2D eigenvalue weighted by atomic mass is 9.92. The highest BCUT2D eigenvalue weighted by Crippen LogP contribution is 2.38. The Balaban J connectivity index is 1.09. The number of aliphatic imine (C=N–C) groups is 2. The number of hydrogen-bond donors (Lipinski definition) is 0. The molecule has 0 spiro atoms. The Morgan fingerprint density at radius 1 is 0.214 bits per heavy atom. The first-order valence-electron chi connectivity index (χ1n) is 19.1. The molecule has 10 aromatic rings. The molecule has 260 valence electrons. The minimum Gasteiger partial charge on any atom is -0.247 e. The zero-order chi connectivity index (χ0) is 37.0. The predicted molar refractivity (Wildman–Crippen MR) is 237 cm³/mol. The van der Waals surface area contributed by atoms with Gasteiger partial charge < -0.3 is 0 Å². The van der Waals surface area contributed by atoms with E-state index < -0.39 is 0 Å². The van der Waals surface area contributed by atoms with Crippen molar-refractivity contribution in [3.8, 4) is 22.3 Å². The molecule has 0 fully saturated rings. The van der Waals surface area contributed by atoms with Gasteiger partial charge in [0.05, 0.1) is 22.8 Å². The molecule has 0 aromatic heterocycles. The molecule has 0 radical (unpaired) electrons. The van der Waals surface area contributed by atoms with Crippen LogP contribution in [-0.4, -0.2) is 11.4 Å². The zero-order valence-electron chi connectivity index (χ0n) is 30.5. The van der Waals surface area contributed by atoms with Gasteiger partial charge in [-0.2, -0.15) is 0 Å². The van der Waals surface area contributed by atoms with Crippen molar-refractivity contribution in [2.45, 2.75) is 0 Å². The molecule has 0 N–H and O–H groups in total. The van der Waals surface area contributed by atoms with Gasteiger partial charge in [-0.05, 0) is 102 Å². The molecular weight excluding hydrogens is 677 g/mol. The quantitative estimate of drug-likeness (QED) is 0.174. The van der Waals surface area contributed by atoms with Gasteiger partial charge in [0.2, 0.25) is 0 Å². The third-order valence-corrected chi connectivity index (χ3v) is 11.2. The third-order valence-electron chi connectivity index (χ3n) is 11.2. The van der Waals surface area contributed by atoms with Gasteiger partial charge in [0.1, 0.15) is 0 Å². The average Bonchev–Trinajstić information content (AvgIpc) is 3.26. The summed E-state index contributed by atoms with van der Waals surface area (Å²) in [7, 11) is 0. The van der Waals surface area contributed by atoms with E-state index in [2.05, 4.69) is 206 Å². The molecule has 0 amide bonds. The highest BCUT2D eigenvalue weighted by atomic mass is 14.8. The second-order valence-corrected chi connectivity index (χ2v) is 14.6. The van der Waals surface area contributed by atoms with Crippen LogP contribution in [-0.2, 0) is 0 Å². The van der Waals surface area contributed by atoms with E-state index in [0.717, 1.165) is 66.6 Å². The summed E-state index contributed by atoms with van der Waals surface area (Å²) in [5.41, 5.74) is 12.4. The van der Waals surface area contributed by atoms with E-state index in [-0.39, 0.29) is 0 Å². The fourth-order valence-corrected chi connectivity index (χ4v) is 8.20. The molecule has 1 aliphatic rings. The van der Waals surface area contributed by atoms with Crippen LogP contribution in [0.15, 0.2) is 216 Å². The fourth-order valence-electron chi connectivity index (χ4n) is 8.20. The molecule has 0 saturated heterocycles. The van der Waals surface area contributed by atoms with Crippen LogP contribution in [0.5, 0.6) is 0 Å². The standard InChI is InChI=1S/C54H34N2/c1-3-11-41-29-47(27-21-35(41)9-1)37-17-23-39(24-18-37)53-49-31-43-13-5-7-15-45(43)33-51(49)56-54(50-32-44-14-6-8-16-46(44)34-52(50)55-53)40-25-19-38(20-26-40)48-28-22-36-10-2-4-12-42(36)30-48/h1-34H/b53-49?,54-50?,55-52?,55-53-,56-51?,56-54-. The molecule has 56 heavy (non-hydrogen) atoms. The van der Waals surface area contributed by atoms with Crippen LogP contribution < -0.4 is 0 Å². The first kappa shape index (κ1) is 32.0. The third kappa shape index (κ3) is 5.68. The molecule has 10 aromatic carbocycles. The van der Waals surface area contributed by atoms with E-state index in [0.29, 0.717) is 0 Å². The van der Waals surface area contributed by atoms with E-state index in [4.69, 9.17) is 9.98 Å². The first-order valence-corrected chi connectivity index (χ1v) is 19.1. The van der Waals surface area contributed by atoms with Gasteiger partial charge in [0.25, 0.3) is 0 Å². The van der Waals surface area contributed by atoms with Gasteiger partial charge in [-0.25, -0.2) is 9.98 Å². The van der Waals surface area contributed by atoms with E-state index in [9.17, 15) is 0 Å². The van der Waals surface area contributed by atoms with Crippen molar-refractivity contribution >= 4 is 65.9 Å². The molecule has 0 saturated carbocycles. The molecule has 0 aliphatic carbocycles. The molecule has 0 unspecified atom stereocenters. The minimum absolute atomic E-state index is 0.897. The molecule has 11 rings (SSSR count). The molecule has 0 bridgehead atoms. The number of fused-ring (bicyclic) bond motifs is 6. The molecule has 2 nitrogen and oxygen atoms in total. The summed E-state index contributed by atoms with van der Waals surface area (Å²) in [6.07, 6.45) is 0. The van der Waals surface area contributed by atoms with Crippen molar-refractivity contribution in [1.82, 2.24) is 0 Å². The zero-order valence-corrected chi connectivity index (χ0v) is 30.5. The van der Waals surface area contributed by atoms with Crippen molar-refractivity contribution in [2.24, 2.45) is 9.98 Å². The summed E-state index contributed by atoms with van der Waals surface area (Å²) < 4.78 is 0. The van der Waals surface area contributed by atoms with Gasteiger partial charge in [-0.1, -0.05) is 170 Å². The maximum atomic E-state index is 5.62. The van der Waals surface area contributed by atoms with Crippen LogP contribution in [0.25, 0.3) is 65.3 Å². The van der Waals surface area contributed by atoms with Crippen LogP contribution in [0, 0.1) is 0 Å². The monoisotopic (exact) mass is 710 g/mol. The number of hydrogen-bond acceptors (Lipinski definition) is 2. The van der Waals surface area contributed by atoms with Crippen molar-refractivity contribution < 1.29 is 0 Å². The minimum atomic E-state index is 0.897. The summed E-state index contributed by atoms with van der Waals surface area (Å²) in [6.45, 7) is 0. The van der Waals surface area contributed by atoms with Crippen LogP contribution in [0.2, 0.25) is 0 Å².